The largest absolute Gasteiger partial charge is 0.496 e. The van der Waals surface area contributed by atoms with Crippen LogP contribution in [0.4, 0.5) is 11.4 Å². The standard InChI is InChI=1S/C25H19N3O7S/c1-12-26-15-4-6-18(31-2)22(23(15)36-12)25(30)28-16-9-21-20(34-11-35-21)8-14(16)24(29)27-13-3-5-17-19(7-13)33-10-32-17/h3-9H,10-11H2,1-2H3,(H,27,29)(H,28,30). The number of hydrogen-bond acceptors (Lipinski definition) is 9. The molecule has 0 spiro atoms. The molecule has 36 heavy (non-hydrogen) atoms. The first-order valence-electron chi connectivity index (χ1n) is 10.9. The second-order valence-electron chi connectivity index (χ2n) is 7.95. The summed E-state index contributed by atoms with van der Waals surface area (Å²) < 4.78 is 27.8. The Morgan fingerprint density at radius 1 is 0.889 bits per heavy atom. The first kappa shape index (κ1) is 22.0. The van der Waals surface area contributed by atoms with E-state index in [0.29, 0.717) is 50.2 Å². The summed E-state index contributed by atoms with van der Waals surface area (Å²) in [5.41, 5.74) is 1.97. The fourth-order valence-corrected chi connectivity index (χ4v) is 5.01. The Kier molecular flexibility index (Phi) is 5.26. The van der Waals surface area contributed by atoms with E-state index in [9.17, 15) is 9.59 Å². The molecule has 0 radical (unpaired) electrons. The van der Waals surface area contributed by atoms with Gasteiger partial charge in [0.2, 0.25) is 13.6 Å². The fourth-order valence-electron chi connectivity index (χ4n) is 4.06. The van der Waals surface area contributed by atoms with Crippen LogP contribution in [0.5, 0.6) is 28.7 Å². The predicted octanol–water partition coefficient (Wildman–Crippen LogP) is 4.58. The highest BCUT2D eigenvalue weighted by atomic mass is 32.1. The molecule has 182 valence electrons. The van der Waals surface area contributed by atoms with E-state index in [1.807, 2.05) is 6.92 Å². The molecule has 0 fully saturated rings. The monoisotopic (exact) mass is 505 g/mol. The molecule has 2 aliphatic rings. The van der Waals surface area contributed by atoms with Crippen molar-refractivity contribution in [2.75, 3.05) is 31.3 Å². The topological polar surface area (TPSA) is 117 Å². The van der Waals surface area contributed by atoms with Crippen molar-refractivity contribution in [3.63, 3.8) is 0 Å². The van der Waals surface area contributed by atoms with Crippen molar-refractivity contribution in [2.45, 2.75) is 6.92 Å². The van der Waals surface area contributed by atoms with Crippen molar-refractivity contribution in [1.82, 2.24) is 4.98 Å². The van der Waals surface area contributed by atoms with Crippen molar-refractivity contribution < 1.29 is 33.3 Å². The number of aromatic nitrogens is 1. The van der Waals surface area contributed by atoms with E-state index in [1.165, 1.54) is 24.5 Å². The number of hydrogen-bond donors (Lipinski definition) is 2. The van der Waals surface area contributed by atoms with Crippen LogP contribution < -0.4 is 34.3 Å². The van der Waals surface area contributed by atoms with E-state index in [1.54, 1.807) is 36.4 Å². The Balaban J connectivity index is 1.36. The van der Waals surface area contributed by atoms with E-state index in [-0.39, 0.29) is 24.8 Å². The number of rotatable bonds is 5. The van der Waals surface area contributed by atoms with E-state index in [4.69, 9.17) is 23.7 Å². The van der Waals surface area contributed by atoms with Crippen LogP contribution in [-0.4, -0.2) is 37.5 Å². The molecule has 3 heterocycles. The second kappa shape index (κ2) is 8.61. The summed E-state index contributed by atoms with van der Waals surface area (Å²) in [7, 11) is 1.50. The number of anilines is 2. The lowest BCUT2D eigenvalue weighted by Gasteiger charge is -2.14. The quantitative estimate of drug-likeness (QED) is 0.405. The molecule has 0 saturated heterocycles. The minimum absolute atomic E-state index is 0.0171. The van der Waals surface area contributed by atoms with Gasteiger partial charge in [-0.05, 0) is 37.3 Å². The average molecular weight is 506 g/mol. The smallest absolute Gasteiger partial charge is 0.260 e. The molecular weight excluding hydrogens is 486 g/mol. The van der Waals surface area contributed by atoms with E-state index in [2.05, 4.69) is 15.6 Å². The van der Waals surface area contributed by atoms with Crippen LogP contribution in [0.15, 0.2) is 42.5 Å². The Labute approximate surface area is 208 Å². The number of fused-ring (bicyclic) bond motifs is 3. The zero-order valence-corrected chi connectivity index (χ0v) is 20.0. The summed E-state index contributed by atoms with van der Waals surface area (Å²) in [6, 6.07) is 11.7. The van der Waals surface area contributed by atoms with Crippen LogP contribution in [0.2, 0.25) is 0 Å². The Morgan fingerprint density at radius 2 is 1.61 bits per heavy atom. The molecule has 3 aromatic carbocycles. The lowest BCUT2D eigenvalue weighted by molar-refractivity contribution is 0.102. The van der Waals surface area contributed by atoms with Crippen molar-refractivity contribution in [3.05, 3.63) is 58.6 Å². The van der Waals surface area contributed by atoms with Crippen molar-refractivity contribution in [2.24, 2.45) is 0 Å². The normalized spacial score (nSPS) is 13.1. The van der Waals surface area contributed by atoms with Crippen LogP contribution in [0.25, 0.3) is 10.2 Å². The molecule has 2 amide bonds. The SMILES string of the molecule is COc1ccc2nc(C)sc2c1C(=O)Nc1cc2c(cc1C(=O)Nc1ccc3c(c1)OCO3)OCO2. The molecule has 10 nitrogen and oxygen atoms in total. The van der Waals surface area contributed by atoms with Crippen molar-refractivity contribution in [3.8, 4) is 28.7 Å². The van der Waals surface area contributed by atoms with Gasteiger partial charge >= 0.3 is 0 Å². The number of amides is 2. The average Bonchev–Trinajstić information content (AvgIpc) is 3.60. The number of ether oxygens (including phenoxy) is 5. The van der Waals surface area contributed by atoms with E-state index < -0.39 is 11.8 Å². The van der Waals surface area contributed by atoms with Gasteiger partial charge in [-0.1, -0.05) is 0 Å². The van der Waals surface area contributed by atoms with Crippen molar-refractivity contribution in [1.29, 1.82) is 0 Å². The van der Waals surface area contributed by atoms with Gasteiger partial charge in [0.05, 0.1) is 33.6 Å². The molecule has 0 bridgehead atoms. The molecule has 0 aliphatic carbocycles. The molecule has 4 aromatic rings. The molecular formula is C25H19N3O7S. The third kappa shape index (κ3) is 3.79. The molecule has 0 unspecified atom stereocenters. The highest BCUT2D eigenvalue weighted by Crippen LogP contribution is 2.39. The molecule has 6 rings (SSSR count). The second-order valence-corrected chi connectivity index (χ2v) is 9.15. The summed E-state index contributed by atoms with van der Waals surface area (Å²) in [6.45, 7) is 2.01. The van der Waals surface area contributed by atoms with Crippen LogP contribution in [0.1, 0.15) is 25.7 Å². The van der Waals surface area contributed by atoms with E-state index in [0.717, 1.165) is 5.01 Å². The van der Waals surface area contributed by atoms with Crippen LogP contribution >= 0.6 is 11.3 Å². The van der Waals surface area contributed by atoms with Gasteiger partial charge in [0, 0.05) is 17.8 Å². The minimum atomic E-state index is -0.457. The molecule has 11 heteroatoms. The molecule has 0 atom stereocenters. The van der Waals surface area contributed by atoms with Crippen molar-refractivity contribution >= 4 is 44.7 Å². The summed E-state index contributed by atoms with van der Waals surface area (Å²) >= 11 is 1.39. The maximum absolute atomic E-state index is 13.5. The number of carbonyl (C=O) groups excluding carboxylic acids is 2. The van der Waals surface area contributed by atoms with Gasteiger partial charge < -0.3 is 34.3 Å². The fraction of sp³-hybridized carbons (Fsp3) is 0.160. The van der Waals surface area contributed by atoms with Gasteiger partial charge in [0.15, 0.2) is 23.0 Å². The van der Waals surface area contributed by atoms with Crippen LogP contribution in [-0.2, 0) is 0 Å². The third-order valence-electron chi connectivity index (χ3n) is 5.71. The predicted molar refractivity (Wildman–Crippen MR) is 132 cm³/mol. The molecule has 2 aliphatic heterocycles. The maximum Gasteiger partial charge on any atom is 0.260 e. The zero-order valence-electron chi connectivity index (χ0n) is 19.2. The number of nitrogens with one attached hydrogen (secondary N) is 2. The summed E-state index contributed by atoms with van der Waals surface area (Å²) in [5.74, 6) is 1.46. The lowest BCUT2D eigenvalue weighted by Crippen LogP contribution is -2.19. The van der Waals surface area contributed by atoms with Gasteiger partial charge in [-0.3, -0.25) is 9.59 Å². The minimum Gasteiger partial charge on any atom is -0.496 e. The first-order valence-corrected chi connectivity index (χ1v) is 11.7. The lowest BCUT2D eigenvalue weighted by atomic mass is 10.1. The number of aryl methyl sites for hydroxylation is 1. The summed E-state index contributed by atoms with van der Waals surface area (Å²) in [5, 5.41) is 6.51. The van der Waals surface area contributed by atoms with Gasteiger partial charge in [-0.2, -0.15) is 0 Å². The van der Waals surface area contributed by atoms with Gasteiger partial charge in [0.1, 0.15) is 11.3 Å². The molecule has 2 N–H and O–H groups in total. The van der Waals surface area contributed by atoms with Crippen LogP contribution in [0.3, 0.4) is 0 Å². The Hall–Kier alpha value is -4.51. The number of nitrogens with zero attached hydrogens (tertiary/aromatic N) is 1. The van der Waals surface area contributed by atoms with Gasteiger partial charge in [-0.25, -0.2) is 4.98 Å². The van der Waals surface area contributed by atoms with Crippen LogP contribution in [0, 0.1) is 6.92 Å². The molecule has 0 saturated carbocycles. The number of methoxy groups -OCH3 is 1. The zero-order chi connectivity index (χ0) is 24.8. The van der Waals surface area contributed by atoms with Gasteiger partial charge in [-0.15, -0.1) is 11.3 Å². The number of carbonyl (C=O) groups is 2. The number of thiazole rings is 1. The van der Waals surface area contributed by atoms with Gasteiger partial charge in [0.25, 0.3) is 11.8 Å². The third-order valence-corrected chi connectivity index (χ3v) is 6.71. The first-order chi connectivity index (χ1) is 17.5. The summed E-state index contributed by atoms with van der Waals surface area (Å²) in [4.78, 5) is 31.3. The summed E-state index contributed by atoms with van der Waals surface area (Å²) in [6.07, 6.45) is 0. The molecule has 1 aromatic heterocycles. The number of benzene rings is 3. The highest BCUT2D eigenvalue weighted by Gasteiger charge is 2.25. The Bertz CT molecular complexity index is 1550. The van der Waals surface area contributed by atoms with E-state index >= 15 is 0 Å². The Morgan fingerprint density at radius 3 is 2.39 bits per heavy atom. The maximum atomic E-state index is 13.5. The highest BCUT2D eigenvalue weighted by molar-refractivity contribution is 7.19.